The molecular weight excluding hydrogens is 169 g/mol. The van der Waals surface area contributed by atoms with Crippen molar-refractivity contribution in [3.8, 4) is 0 Å². The Hall–Kier alpha value is -1.09. The predicted octanol–water partition coefficient (Wildman–Crippen LogP) is 1.40. The first-order valence-electron chi connectivity index (χ1n) is 4.43. The molecule has 1 aromatic rings. The fourth-order valence-corrected chi connectivity index (χ4v) is 1.70. The van der Waals surface area contributed by atoms with Gasteiger partial charge in [0.15, 0.2) is 0 Å². The second-order valence-electron chi connectivity index (χ2n) is 3.41. The molecule has 2 N–H and O–H groups in total. The van der Waals surface area contributed by atoms with Crippen LogP contribution in [0.5, 0.6) is 0 Å². The van der Waals surface area contributed by atoms with Crippen molar-refractivity contribution in [1.29, 1.82) is 0 Å². The van der Waals surface area contributed by atoms with Gasteiger partial charge in [0.25, 0.3) is 0 Å². The van der Waals surface area contributed by atoms with E-state index in [1.165, 1.54) is 6.07 Å². The molecular formula is C10H12FNO. The molecule has 0 fully saturated rings. The number of nitrogens with one attached hydrogen (secondary N) is 1. The molecule has 70 valence electrons. The van der Waals surface area contributed by atoms with Crippen LogP contribution in [-0.2, 0) is 6.42 Å². The summed E-state index contributed by atoms with van der Waals surface area (Å²) < 4.78 is 13.2. The van der Waals surface area contributed by atoms with Crippen LogP contribution in [0.2, 0.25) is 0 Å². The van der Waals surface area contributed by atoms with Gasteiger partial charge in [-0.3, -0.25) is 0 Å². The number of hydrogen-bond acceptors (Lipinski definition) is 2. The van der Waals surface area contributed by atoms with E-state index >= 15 is 0 Å². The van der Waals surface area contributed by atoms with Crippen LogP contribution in [0.1, 0.15) is 5.56 Å². The van der Waals surface area contributed by atoms with Crippen LogP contribution >= 0.6 is 0 Å². The summed E-state index contributed by atoms with van der Waals surface area (Å²) in [6, 6.07) is 5.05. The predicted molar refractivity (Wildman–Crippen MR) is 49.2 cm³/mol. The molecule has 0 aliphatic carbocycles. The maximum atomic E-state index is 13.2. The number of halogens is 1. The fourth-order valence-electron chi connectivity index (χ4n) is 1.70. The van der Waals surface area contributed by atoms with Crippen LogP contribution in [-0.4, -0.2) is 18.3 Å². The molecule has 1 aromatic carbocycles. The van der Waals surface area contributed by atoms with Crippen LogP contribution in [0, 0.1) is 11.7 Å². The number of anilines is 1. The molecule has 0 saturated heterocycles. The van der Waals surface area contributed by atoms with E-state index in [2.05, 4.69) is 5.32 Å². The minimum absolute atomic E-state index is 0.156. The molecule has 1 aliphatic rings. The summed E-state index contributed by atoms with van der Waals surface area (Å²) in [6.07, 6.45) is 0.761. The van der Waals surface area contributed by atoms with E-state index < -0.39 is 0 Å². The molecule has 0 saturated carbocycles. The summed E-state index contributed by atoms with van der Waals surface area (Å²) >= 11 is 0. The standard InChI is InChI=1S/C10H12FNO/c11-9-3-1-2-8-4-7(6-13)5-12-10(8)9/h1-3,7,12-13H,4-6H2. The van der Waals surface area contributed by atoms with Crippen molar-refractivity contribution in [2.24, 2.45) is 5.92 Å². The number of aliphatic hydroxyl groups is 1. The van der Waals surface area contributed by atoms with Gasteiger partial charge in [-0.25, -0.2) is 4.39 Å². The van der Waals surface area contributed by atoms with Crippen LogP contribution in [0.25, 0.3) is 0 Å². The lowest BCUT2D eigenvalue weighted by Gasteiger charge is -2.24. The van der Waals surface area contributed by atoms with Gasteiger partial charge in [-0.2, -0.15) is 0 Å². The maximum absolute atomic E-state index is 13.2. The van der Waals surface area contributed by atoms with Crippen molar-refractivity contribution in [3.05, 3.63) is 29.6 Å². The lowest BCUT2D eigenvalue weighted by Crippen LogP contribution is -2.26. The molecule has 0 amide bonds. The molecule has 2 nitrogen and oxygen atoms in total. The highest BCUT2D eigenvalue weighted by molar-refractivity contribution is 5.54. The summed E-state index contributed by atoms with van der Waals surface area (Å²) in [4.78, 5) is 0. The molecule has 1 aliphatic heterocycles. The minimum atomic E-state index is -0.200. The zero-order chi connectivity index (χ0) is 9.26. The topological polar surface area (TPSA) is 32.3 Å². The first-order valence-corrected chi connectivity index (χ1v) is 4.43. The summed E-state index contributed by atoms with van der Waals surface area (Å²) in [7, 11) is 0. The van der Waals surface area contributed by atoms with Crippen molar-refractivity contribution in [1.82, 2.24) is 0 Å². The van der Waals surface area contributed by atoms with E-state index in [0.717, 1.165) is 12.0 Å². The maximum Gasteiger partial charge on any atom is 0.146 e. The second kappa shape index (κ2) is 3.34. The molecule has 3 heteroatoms. The van der Waals surface area contributed by atoms with Crippen molar-refractivity contribution in [3.63, 3.8) is 0 Å². The second-order valence-corrected chi connectivity index (χ2v) is 3.41. The van der Waals surface area contributed by atoms with Crippen molar-refractivity contribution in [2.45, 2.75) is 6.42 Å². The van der Waals surface area contributed by atoms with Gasteiger partial charge in [0.05, 0.1) is 5.69 Å². The van der Waals surface area contributed by atoms with Crippen LogP contribution in [0.4, 0.5) is 10.1 Å². The van der Waals surface area contributed by atoms with Crippen molar-refractivity contribution in [2.75, 3.05) is 18.5 Å². The number of rotatable bonds is 1. The smallest absolute Gasteiger partial charge is 0.146 e. The molecule has 1 heterocycles. The summed E-state index contributed by atoms with van der Waals surface area (Å²) in [6.45, 7) is 0.813. The summed E-state index contributed by atoms with van der Waals surface area (Å²) in [5, 5.41) is 11.9. The minimum Gasteiger partial charge on any atom is -0.396 e. The van der Waals surface area contributed by atoms with E-state index in [9.17, 15) is 4.39 Å². The van der Waals surface area contributed by atoms with Crippen LogP contribution in [0.15, 0.2) is 18.2 Å². The fraction of sp³-hybridized carbons (Fsp3) is 0.400. The molecule has 13 heavy (non-hydrogen) atoms. The Morgan fingerprint density at radius 3 is 3.15 bits per heavy atom. The number of hydrogen-bond donors (Lipinski definition) is 2. The van der Waals surface area contributed by atoms with Gasteiger partial charge < -0.3 is 10.4 Å². The van der Waals surface area contributed by atoms with Gasteiger partial charge in [-0.15, -0.1) is 0 Å². The van der Waals surface area contributed by atoms with Gasteiger partial charge in [0, 0.05) is 19.1 Å². The van der Waals surface area contributed by atoms with E-state index in [4.69, 9.17) is 5.11 Å². The van der Waals surface area contributed by atoms with E-state index in [-0.39, 0.29) is 18.3 Å². The lowest BCUT2D eigenvalue weighted by molar-refractivity contribution is 0.230. The Kier molecular flexibility index (Phi) is 2.19. The molecule has 0 aromatic heterocycles. The summed E-state index contributed by atoms with van der Waals surface area (Å²) in [5.41, 5.74) is 1.57. The molecule has 1 atom stereocenters. The normalized spacial score (nSPS) is 20.6. The highest BCUT2D eigenvalue weighted by Crippen LogP contribution is 2.26. The monoisotopic (exact) mass is 181 g/mol. The number of para-hydroxylation sites is 1. The molecule has 1 unspecified atom stereocenters. The third kappa shape index (κ3) is 1.52. The third-order valence-electron chi connectivity index (χ3n) is 2.43. The number of fused-ring (bicyclic) bond motifs is 1. The van der Waals surface area contributed by atoms with E-state index in [1.54, 1.807) is 6.07 Å². The average molecular weight is 181 g/mol. The Balaban J connectivity index is 2.31. The van der Waals surface area contributed by atoms with Crippen molar-refractivity contribution < 1.29 is 9.50 Å². The Bertz CT molecular complexity index is 314. The quantitative estimate of drug-likeness (QED) is 0.686. The third-order valence-corrected chi connectivity index (χ3v) is 2.43. The van der Waals surface area contributed by atoms with E-state index in [1.807, 2.05) is 6.07 Å². The SMILES string of the molecule is OCC1CNc2c(F)cccc2C1. The molecule has 0 radical (unpaired) electrons. The number of aliphatic hydroxyl groups excluding tert-OH is 1. The van der Waals surface area contributed by atoms with Gasteiger partial charge in [0.1, 0.15) is 5.82 Å². The Morgan fingerprint density at radius 2 is 2.38 bits per heavy atom. The first kappa shape index (κ1) is 8.51. The Labute approximate surface area is 76.4 Å². The van der Waals surface area contributed by atoms with Gasteiger partial charge in [0.2, 0.25) is 0 Å². The highest BCUT2D eigenvalue weighted by Gasteiger charge is 2.19. The molecule has 2 rings (SSSR count). The van der Waals surface area contributed by atoms with Crippen molar-refractivity contribution >= 4 is 5.69 Å². The van der Waals surface area contributed by atoms with Gasteiger partial charge in [-0.05, 0) is 18.1 Å². The highest BCUT2D eigenvalue weighted by atomic mass is 19.1. The van der Waals surface area contributed by atoms with Gasteiger partial charge >= 0.3 is 0 Å². The van der Waals surface area contributed by atoms with Gasteiger partial charge in [-0.1, -0.05) is 12.1 Å². The van der Waals surface area contributed by atoms with Crippen LogP contribution < -0.4 is 5.32 Å². The first-order chi connectivity index (χ1) is 6.31. The lowest BCUT2D eigenvalue weighted by atomic mass is 9.94. The Morgan fingerprint density at radius 1 is 1.54 bits per heavy atom. The van der Waals surface area contributed by atoms with Crippen LogP contribution in [0.3, 0.4) is 0 Å². The molecule has 0 spiro atoms. The largest absolute Gasteiger partial charge is 0.396 e. The average Bonchev–Trinajstić information content (AvgIpc) is 2.18. The zero-order valence-corrected chi connectivity index (χ0v) is 7.26. The number of benzene rings is 1. The summed E-state index contributed by atoms with van der Waals surface area (Å²) in [5.74, 6) is 0.0168. The zero-order valence-electron chi connectivity index (χ0n) is 7.26. The van der Waals surface area contributed by atoms with E-state index in [0.29, 0.717) is 12.2 Å². The molecule has 0 bridgehead atoms.